The minimum Gasteiger partial charge on any atom is -0.368 e. The average Bonchev–Trinajstić information content (AvgIpc) is 2.59. The molecule has 1 aliphatic rings. The third-order valence-electron chi connectivity index (χ3n) is 4.16. The van der Waals surface area contributed by atoms with Gasteiger partial charge in [0.15, 0.2) is 5.96 Å². The number of hydrogen-bond donors (Lipinski definition) is 2. The summed E-state index contributed by atoms with van der Waals surface area (Å²) in [7, 11) is -3.18. The maximum absolute atomic E-state index is 11.1. The van der Waals surface area contributed by atoms with Crippen molar-refractivity contribution in [2.75, 3.05) is 57.0 Å². The van der Waals surface area contributed by atoms with Crippen LogP contribution in [-0.2, 0) is 10.0 Å². The standard InChI is InChI=1S/C17H28ClN5O2S.HI/c1-4-19-17(20-7-8-21-26(3,24)25)23-11-9-22(10-12-23)16-13-15(18)6-5-14(16)2;/h5-6,13,21H,4,7-12H2,1-3H3,(H,19,20);1H. The van der Waals surface area contributed by atoms with Crippen LogP contribution in [0, 0.1) is 6.92 Å². The Morgan fingerprint density at radius 3 is 2.52 bits per heavy atom. The average molecular weight is 530 g/mol. The summed E-state index contributed by atoms with van der Waals surface area (Å²) in [6.07, 6.45) is 1.15. The number of hydrogen-bond acceptors (Lipinski definition) is 4. The summed E-state index contributed by atoms with van der Waals surface area (Å²) >= 11 is 6.14. The van der Waals surface area contributed by atoms with Crippen molar-refractivity contribution in [1.29, 1.82) is 0 Å². The van der Waals surface area contributed by atoms with Gasteiger partial charge in [0, 0.05) is 50.0 Å². The molecule has 1 aromatic rings. The molecule has 0 unspecified atom stereocenters. The van der Waals surface area contributed by atoms with Crippen LogP contribution >= 0.6 is 35.6 Å². The van der Waals surface area contributed by atoms with Crippen LogP contribution in [0.2, 0.25) is 5.02 Å². The second-order valence-electron chi connectivity index (χ2n) is 6.31. The van der Waals surface area contributed by atoms with Gasteiger partial charge in [-0.2, -0.15) is 0 Å². The highest BCUT2D eigenvalue weighted by Crippen LogP contribution is 2.25. The molecule has 0 aromatic heterocycles. The fourth-order valence-corrected chi connectivity index (χ4v) is 3.53. The van der Waals surface area contributed by atoms with Crippen molar-refractivity contribution in [3.05, 3.63) is 28.8 Å². The maximum Gasteiger partial charge on any atom is 0.208 e. The van der Waals surface area contributed by atoms with Crippen LogP contribution in [0.15, 0.2) is 23.2 Å². The summed E-state index contributed by atoms with van der Waals surface area (Å²) in [6.45, 7) is 9.05. The first-order valence-corrected chi connectivity index (χ1v) is 11.1. The first-order valence-electron chi connectivity index (χ1n) is 8.79. The van der Waals surface area contributed by atoms with Crippen LogP contribution in [0.3, 0.4) is 0 Å². The van der Waals surface area contributed by atoms with E-state index in [1.807, 2.05) is 25.1 Å². The quantitative estimate of drug-likeness (QED) is 0.255. The summed E-state index contributed by atoms with van der Waals surface area (Å²) in [6, 6.07) is 5.98. The second kappa shape index (κ2) is 11.3. The normalized spacial score (nSPS) is 15.5. The van der Waals surface area contributed by atoms with E-state index in [0.717, 1.165) is 50.0 Å². The number of halogens is 2. The summed E-state index contributed by atoms with van der Waals surface area (Å²) in [5, 5.41) is 4.04. The molecule has 0 bridgehead atoms. The molecule has 0 aliphatic carbocycles. The van der Waals surface area contributed by atoms with Crippen LogP contribution < -0.4 is 14.9 Å². The van der Waals surface area contributed by atoms with E-state index in [4.69, 9.17) is 11.6 Å². The van der Waals surface area contributed by atoms with Gasteiger partial charge in [0.1, 0.15) is 0 Å². The number of guanidine groups is 1. The minimum absolute atomic E-state index is 0. The van der Waals surface area contributed by atoms with Gasteiger partial charge in [0.25, 0.3) is 0 Å². The van der Waals surface area contributed by atoms with Crippen LogP contribution in [0.25, 0.3) is 0 Å². The Hall–Kier alpha value is -0.780. The van der Waals surface area contributed by atoms with Gasteiger partial charge < -0.3 is 15.1 Å². The first-order chi connectivity index (χ1) is 12.3. The second-order valence-corrected chi connectivity index (χ2v) is 8.58. The Kier molecular flexibility index (Phi) is 10.1. The number of nitrogens with one attached hydrogen (secondary N) is 2. The molecule has 0 amide bonds. The summed E-state index contributed by atoms with van der Waals surface area (Å²) in [5.74, 6) is 0.824. The molecule has 27 heavy (non-hydrogen) atoms. The molecule has 1 aliphatic heterocycles. The predicted molar refractivity (Wildman–Crippen MR) is 124 cm³/mol. The van der Waals surface area contributed by atoms with Gasteiger partial charge in [0.05, 0.1) is 12.8 Å². The minimum atomic E-state index is -3.18. The fraction of sp³-hybridized carbons (Fsp3) is 0.588. The molecular weight excluding hydrogens is 501 g/mol. The molecular formula is C17H29ClIN5O2S. The van der Waals surface area contributed by atoms with Gasteiger partial charge in [-0.3, -0.25) is 4.99 Å². The van der Waals surface area contributed by atoms with Gasteiger partial charge in [-0.05, 0) is 31.5 Å². The molecule has 0 saturated carbocycles. The smallest absolute Gasteiger partial charge is 0.208 e. The number of aryl methyl sites for hydroxylation is 1. The van der Waals surface area contributed by atoms with E-state index in [1.165, 1.54) is 11.3 Å². The van der Waals surface area contributed by atoms with Crippen molar-refractivity contribution >= 4 is 57.2 Å². The third-order valence-corrected chi connectivity index (χ3v) is 5.13. The van der Waals surface area contributed by atoms with Crippen molar-refractivity contribution < 1.29 is 8.42 Å². The van der Waals surface area contributed by atoms with Crippen molar-refractivity contribution in [2.24, 2.45) is 4.99 Å². The van der Waals surface area contributed by atoms with E-state index in [9.17, 15) is 8.42 Å². The van der Waals surface area contributed by atoms with Gasteiger partial charge in [-0.25, -0.2) is 13.1 Å². The van der Waals surface area contributed by atoms with Gasteiger partial charge >= 0.3 is 0 Å². The number of anilines is 1. The lowest BCUT2D eigenvalue weighted by Crippen LogP contribution is -2.52. The van der Waals surface area contributed by atoms with E-state index in [1.54, 1.807) is 0 Å². The lowest BCUT2D eigenvalue weighted by molar-refractivity contribution is 0.372. The van der Waals surface area contributed by atoms with Crippen molar-refractivity contribution in [1.82, 2.24) is 14.9 Å². The van der Waals surface area contributed by atoms with Crippen LogP contribution in [0.1, 0.15) is 12.5 Å². The van der Waals surface area contributed by atoms with Crippen molar-refractivity contribution in [3.63, 3.8) is 0 Å². The Morgan fingerprint density at radius 2 is 1.93 bits per heavy atom. The van der Waals surface area contributed by atoms with E-state index < -0.39 is 10.0 Å². The summed E-state index contributed by atoms with van der Waals surface area (Å²) in [5.41, 5.74) is 2.40. The molecule has 1 fully saturated rings. The Balaban J connectivity index is 0.00000364. The monoisotopic (exact) mass is 529 g/mol. The largest absolute Gasteiger partial charge is 0.368 e. The first kappa shape index (κ1) is 24.3. The van der Waals surface area contributed by atoms with Gasteiger partial charge in [0.2, 0.25) is 10.0 Å². The van der Waals surface area contributed by atoms with E-state index in [2.05, 4.69) is 31.8 Å². The molecule has 2 N–H and O–H groups in total. The Labute approximate surface area is 184 Å². The number of benzene rings is 1. The third kappa shape index (κ3) is 8.00. The molecule has 1 saturated heterocycles. The zero-order chi connectivity index (χ0) is 19.2. The van der Waals surface area contributed by atoms with Gasteiger partial charge in [-0.15, -0.1) is 24.0 Å². The number of aliphatic imine (C=N–C) groups is 1. The number of piperazine rings is 1. The van der Waals surface area contributed by atoms with E-state index in [-0.39, 0.29) is 24.0 Å². The Bertz CT molecular complexity index is 737. The molecule has 1 aromatic carbocycles. The van der Waals surface area contributed by atoms with E-state index in [0.29, 0.717) is 13.1 Å². The topological polar surface area (TPSA) is 77.0 Å². The molecule has 154 valence electrons. The zero-order valence-corrected chi connectivity index (χ0v) is 19.9. The van der Waals surface area contributed by atoms with Crippen LogP contribution in [0.4, 0.5) is 5.69 Å². The summed E-state index contributed by atoms with van der Waals surface area (Å²) in [4.78, 5) is 9.08. The fourth-order valence-electron chi connectivity index (χ4n) is 2.90. The van der Waals surface area contributed by atoms with Crippen molar-refractivity contribution in [3.8, 4) is 0 Å². The van der Waals surface area contributed by atoms with Crippen LogP contribution in [-0.4, -0.2) is 71.3 Å². The highest BCUT2D eigenvalue weighted by Gasteiger charge is 2.20. The lowest BCUT2D eigenvalue weighted by atomic mass is 10.1. The van der Waals surface area contributed by atoms with E-state index >= 15 is 0 Å². The molecule has 0 spiro atoms. The van der Waals surface area contributed by atoms with Crippen molar-refractivity contribution in [2.45, 2.75) is 13.8 Å². The number of rotatable bonds is 6. The molecule has 1 heterocycles. The molecule has 7 nitrogen and oxygen atoms in total. The lowest BCUT2D eigenvalue weighted by Gasteiger charge is -2.38. The maximum atomic E-state index is 11.1. The SMILES string of the molecule is CCNC(=NCCNS(C)(=O)=O)N1CCN(c2cc(Cl)ccc2C)CC1.I. The van der Waals surface area contributed by atoms with Crippen LogP contribution in [0.5, 0.6) is 0 Å². The molecule has 2 rings (SSSR count). The molecule has 0 atom stereocenters. The highest BCUT2D eigenvalue weighted by atomic mass is 127. The number of nitrogens with zero attached hydrogens (tertiary/aromatic N) is 3. The molecule has 10 heteroatoms. The highest BCUT2D eigenvalue weighted by molar-refractivity contribution is 14.0. The Morgan fingerprint density at radius 1 is 1.26 bits per heavy atom. The number of sulfonamides is 1. The van der Waals surface area contributed by atoms with Gasteiger partial charge in [-0.1, -0.05) is 17.7 Å². The predicted octanol–water partition coefficient (Wildman–Crippen LogP) is 1.90. The zero-order valence-electron chi connectivity index (χ0n) is 16.0. The summed E-state index contributed by atoms with van der Waals surface area (Å²) < 4.78 is 24.7. The molecule has 0 radical (unpaired) electrons.